The van der Waals surface area contributed by atoms with Crippen LogP contribution in [0.2, 0.25) is 0 Å². The summed E-state index contributed by atoms with van der Waals surface area (Å²) in [6.07, 6.45) is 7.37. The van der Waals surface area contributed by atoms with Crippen molar-refractivity contribution in [2.24, 2.45) is 0 Å². The highest BCUT2D eigenvalue weighted by molar-refractivity contribution is 7.78. The first-order valence-electron chi connectivity index (χ1n) is 2.97. The van der Waals surface area contributed by atoms with Gasteiger partial charge in [0.2, 0.25) is 0 Å². The molecule has 0 atom stereocenters. The van der Waals surface area contributed by atoms with E-state index in [1.54, 1.807) is 12.3 Å². The van der Waals surface area contributed by atoms with Crippen molar-refractivity contribution in [3.05, 3.63) is 36.6 Å². The van der Waals surface area contributed by atoms with Gasteiger partial charge in [0.15, 0.2) is 0 Å². The highest BCUT2D eigenvalue weighted by atomic mass is 32.1. The molecule has 0 saturated heterocycles. The van der Waals surface area contributed by atoms with Crippen molar-refractivity contribution in [2.45, 2.75) is 6.92 Å². The van der Waals surface area contributed by atoms with Crippen molar-refractivity contribution in [1.29, 1.82) is 0 Å². The topological polar surface area (TPSA) is 12.0 Å². The van der Waals surface area contributed by atoms with Crippen molar-refractivity contribution in [2.75, 3.05) is 0 Å². The number of allylic oxidation sites excluding steroid dienone is 4. The molecule has 0 amide bonds. The van der Waals surface area contributed by atoms with E-state index in [9.17, 15) is 0 Å². The third-order valence-electron chi connectivity index (χ3n) is 0.891. The normalized spacial score (nSPS) is 11.5. The van der Waals surface area contributed by atoms with Gasteiger partial charge in [-0.1, -0.05) is 30.9 Å². The lowest BCUT2D eigenvalue weighted by Crippen LogP contribution is -1.96. The van der Waals surface area contributed by atoms with Gasteiger partial charge in [-0.05, 0) is 18.6 Å². The van der Waals surface area contributed by atoms with Crippen LogP contribution in [-0.2, 0) is 0 Å². The third kappa shape index (κ3) is 5.25. The summed E-state index contributed by atoms with van der Waals surface area (Å²) in [5, 5.41) is 2.77. The van der Waals surface area contributed by atoms with E-state index in [0.717, 1.165) is 5.57 Å². The Hall–Kier alpha value is -0.890. The molecular weight excluding hydrogens is 142 g/mol. The highest BCUT2D eigenvalue weighted by Crippen LogP contribution is 1.92. The number of hydrogen-bond acceptors (Lipinski definition) is 1. The quantitative estimate of drug-likeness (QED) is 0.491. The molecule has 54 valence electrons. The molecule has 0 aliphatic rings. The molecule has 0 rings (SSSR count). The van der Waals surface area contributed by atoms with Gasteiger partial charge in [0, 0.05) is 6.20 Å². The van der Waals surface area contributed by atoms with Crippen molar-refractivity contribution >= 4 is 17.7 Å². The van der Waals surface area contributed by atoms with Crippen LogP contribution in [0.4, 0.5) is 0 Å². The second-order valence-electron chi connectivity index (χ2n) is 1.76. The Morgan fingerprint density at radius 3 is 2.80 bits per heavy atom. The largest absolute Gasteiger partial charge is 0.359 e. The molecule has 2 heteroatoms. The van der Waals surface area contributed by atoms with Crippen molar-refractivity contribution in [1.82, 2.24) is 5.32 Å². The predicted molar refractivity (Wildman–Crippen MR) is 49.9 cm³/mol. The molecule has 0 saturated carbocycles. The molecule has 0 fully saturated rings. The molecule has 1 nitrogen and oxygen atoms in total. The van der Waals surface area contributed by atoms with Gasteiger partial charge < -0.3 is 5.32 Å². The van der Waals surface area contributed by atoms with Gasteiger partial charge in [0.25, 0.3) is 0 Å². The lowest BCUT2D eigenvalue weighted by Gasteiger charge is -1.87. The maximum absolute atomic E-state index is 4.54. The first-order chi connectivity index (χ1) is 4.81. The molecule has 0 bridgehead atoms. The fraction of sp³-hybridized carbons (Fsp3) is 0.125. The molecule has 10 heavy (non-hydrogen) atoms. The Kier molecular flexibility index (Phi) is 5.68. The molecule has 0 aliphatic carbocycles. The third-order valence-corrected chi connectivity index (χ3v) is 1.03. The number of rotatable bonds is 4. The fourth-order valence-corrected chi connectivity index (χ4v) is 0.539. The maximum atomic E-state index is 4.54. The van der Waals surface area contributed by atoms with Crippen LogP contribution in [0, 0.1) is 0 Å². The van der Waals surface area contributed by atoms with Gasteiger partial charge >= 0.3 is 0 Å². The first kappa shape index (κ1) is 9.11. The molecule has 0 unspecified atom stereocenters. The second-order valence-corrected chi connectivity index (χ2v) is 2.00. The minimum Gasteiger partial charge on any atom is -0.359 e. The molecule has 0 spiro atoms. The fourth-order valence-electron chi connectivity index (χ4n) is 0.460. The smallest absolute Gasteiger partial charge is 0.0654 e. The maximum Gasteiger partial charge on any atom is 0.0654 e. The Labute approximate surface area is 67.1 Å². The van der Waals surface area contributed by atoms with Gasteiger partial charge in [0.1, 0.15) is 0 Å². The van der Waals surface area contributed by atoms with Crippen LogP contribution in [-0.4, -0.2) is 5.49 Å². The van der Waals surface area contributed by atoms with Crippen LogP contribution in [0.5, 0.6) is 0 Å². The van der Waals surface area contributed by atoms with Gasteiger partial charge in [-0.25, -0.2) is 0 Å². The Bertz CT molecular complexity index is 168. The molecule has 0 aromatic rings. The van der Waals surface area contributed by atoms with E-state index in [1.165, 1.54) is 5.49 Å². The van der Waals surface area contributed by atoms with E-state index in [2.05, 4.69) is 24.1 Å². The Morgan fingerprint density at radius 2 is 2.30 bits per heavy atom. The zero-order valence-corrected chi connectivity index (χ0v) is 6.82. The van der Waals surface area contributed by atoms with Crippen LogP contribution in [0.1, 0.15) is 6.92 Å². The molecule has 0 aliphatic heterocycles. The lowest BCUT2D eigenvalue weighted by atomic mass is 10.3. The lowest BCUT2D eigenvalue weighted by molar-refractivity contribution is 1.33. The molecular formula is C8H11NS. The van der Waals surface area contributed by atoms with Crippen LogP contribution in [0.3, 0.4) is 0 Å². The highest BCUT2D eigenvalue weighted by Gasteiger charge is 1.74. The summed E-state index contributed by atoms with van der Waals surface area (Å²) in [4.78, 5) is 0. The summed E-state index contributed by atoms with van der Waals surface area (Å²) in [5.74, 6) is 0. The molecule has 0 radical (unpaired) electrons. The molecule has 0 aromatic heterocycles. The van der Waals surface area contributed by atoms with Gasteiger partial charge in [-0.2, -0.15) is 0 Å². The molecule has 1 N–H and O–H groups in total. The van der Waals surface area contributed by atoms with E-state index < -0.39 is 0 Å². The molecule has 0 heterocycles. The molecule has 0 aromatic carbocycles. The van der Waals surface area contributed by atoms with Gasteiger partial charge in [0.05, 0.1) is 5.49 Å². The minimum absolute atomic E-state index is 1.14. The summed E-state index contributed by atoms with van der Waals surface area (Å²) in [6.45, 7) is 5.56. The van der Waals surface area contributed by atoms with E-state index in [4.69, 9.17) is 0 Å². The zero-order chi connectivity index (χ0) is 7.82. The van der Waals surface area contributed by atoms with Crippen LogP contribution >= 0.6 is 12.2 Å². The first-order valence-corrected chi connectivity index (χ1v) is 3.44. The van der Waals surface area contributed by atoms with Crippen molar-refractivity contribution < 1.29 is 0 Å². The Morgan fingerprint density at radius 1 is 1.60 bits per heavy atom. The number of hydrogen-bond donors (Lipinski definition) is 1. The summed E-state index contributed by atoms with van der Waals surface area (Å²) < 4.78 is 0. The summed E-state index contributed by atoms with van der Waals surface area (Å²) >= 11 is 4.54. The van der Waals surface area contributed by atoms with Crippen LogP contribution in [0.25, 0.3) is 0 Å². The zero-order valence-electron chi connectivity index (χ0n) is 6.00. The van der Waals surface area contributed by atoms with Crippen LogP contribution in [0.15, 0.2) is 36.6 Å². The van der Waals surface area contributed by atoms with Crippen molar-refractivity contribution in [3.8, 4) is 0 Å². The average Bonchev–Trinajstić information content (AvgIpc) is 1.89. The van der Waals surface area contributed by atoms with E-state index >= 15 is 0 Å². The van der Waals surface area contributed by atoms with Gasteiger partial charge in [-0.3, -0.25) is 0 Å². The average molecular weight is 153 g/mol. The van der Waals surface area contributed by atoms with Crippen molar-refractivity contribution in [3.63, 3.8) is 0 Å². The summed E-state index contributed by atoms with van der Waals surface area (Å²) in [6, 6.07) is 0. The second kappa shape index (κ2) is 6.23. The Balaban J connectivity index is 3.75. The van der Waals surface area contributed by atoms with Gasteiger partial charge in [-0.15, -0.1) is 0 Å². The summed E-state index contributed by atoms with van der Waals surface area (Å²) in [5.41, 5.74) is 2.59. The number of thiocarbonyl (C=S) groups is 1. The number of nitrogens with one attached hydrogen (secondary N) is 1. The standard InChI is InChI=1S/C8H11NS/c1-3-4-8(2)5-6-9-7-10/h3-7H,1H2,2H3,(H,9,10)/b6-5+,8-4+. The predicted octanol–water partition coefficient (Wildman–Crippen LogP) is 2.18. The SMILES string of the molecule is C=C/C=C(C)/C=C/NC=S. The van der Waals surface area contributed by atoms with E-state index in [1.807, 2.05) is 19.1 Å². The summed E-state index contributed by atoms with van der Waals surface area (Å²) in [7, 11) is 0. The van der Waals surface area contributed by atoms with Crippen LogP contribution < -0.4 is 5.32 Å². The monoisotopic (exact) mass is 153 g/mol. The minimum atomic E-state index is 1.14. The van der Waals surface area contributed by atoms with E-state index in [0.29, 0.717) is 0 Å². The van der Waals surface area contributed by atoms with E-state index in [-0.39, 0.29) is 0 Å².